The van der Waals surface area contributed by atoms with Gasteiger partial charge >= 0.3 is 0 Å². The van der Waals surface area contributed by atoms with E-state index in [0.717, 1.165) is 26.3 Å². The molecule has 66 valence electrons. The molecule has 3 heteroatoms. The minimum Gasteiger partial charge on any atom is -0.378 e. The zero-order valence-electron chi connectivity index (χ0n) is 7.05. The largest absolute Gasteiger partial charge is 0.378 e. The lowest BCUT2D eigenvalue weighted by Gasteiger charge is -2.33. The van der Waals surface area contributed by atoms with Gasteiger partial charge in [0.1, 0.15) is 0 Å². The molecule has 2 nitrogen and oxygen atoms in total. The Morgan fingerprint density at radius 2 is 2.45 bits per heavy atom. The first-order chi connectivity index (χ1) is 5.38. The number of alkyl halides is 1. The summed E-state index contributed by atoms with van der Waals surface area (Å²) in [5.74, 6) is 0.694. The fourth-order valence-electron chi connectivity index (χ4n) is 1.41. The predicted molar refractivity (Wildman–Crippen MR) is 47.2 cm³/mol. The van der Waals surface area contributed by atoms with Gasteiger partial charge in [0.25, 0.3) is 0 Å². The van der Waals surface area contributed by atoms with E-state index in [1.54, 1.807) is 0 Å². The maximum absolute atomic E-state index is 5.79. The zero-order chi connectivity index (χ0) is 8.10. The molecule has 0 aromatic rings. The summed E-state index contributed by atoms with van der Waals surface area (Å²) in [5.41, 5.74) is 0. The molecule has 1 aliphatic rings. The number of halogens is 1. The van der Waals surface area contributed by atoms with Gasteiger partial charge in [-0.3, -0.25) is 4.90 Å². The Hall–Kier alpha value is 0.210. The van der Waals surface area contributed by atoms with E-state index in [2.05, 4.69) is 11.8 Å². The van der Waals surface area contributed by atoms with E-state index in [1.165, 1.54) is 6.42 Å². The van der Waals surface area contributed by atoms with Crippen LogP contribution >= 0.6 is 11.6 Å². The van der Waals surface area contributed by atoms with Gasteiger partial charge in [-0.2, -0.15) is 0 Å². The summed E-state index contributed by atoms with van der Waals surface area (Å²) < 4.78 is 5.32. The molecule has 1 saturated heterocycles. The summed E-state index contributed by atoms with van der Waals surface area (Å²) in [7, 11) is 0. The molecule has 1 aliphatic heterocycles. The molecule has 11 heavy (non-hydrogen) atoms. The molecule has 0 aliphatic carbocycles. The lowest BCUT2D eigenvalue weighted by Crippen LogP contribution is -2.46. The third-order valence-electron chi connectivity index (χ3n) is 2.04. The minimum absolute atomic E-state index is 0.449. The fourth-order valence-corrected chi connectivity index (χ4v) is 1.70. The van der Waals surface area contributed by atoms with E-state index in [0.29, 0.717) is 11.9 Å². The summed E-state index contributed by atoms with van der Waals surface area (Å²) in [6.07, 6.45) is 1.20. The molecule has 0 spiro atoms. The van der Waals surface area contributed by atoms with E-state index in [1.807, 2.05) is 0 Å². The van der Waals surface area contributed by atoms with Crippen LogP contribution in [0, 0.1) is 0 Å². The van der Waals surface area contributed by atoms with Crippen molar-refractivity contribution in [1.29, 1.82) is 0 Å². The Kier molecular flexibility index (Phi) is 4.20. The van der Waals surface area contributed by atoms with E-state index in [9.17, 15) is 0 Å². The molecule has 1 fully saturated rings. The van der Waals surface area contributed by atoms with Crippen molar-refractivity contribution in [2.24, 2.45) is 0 Å². The highest BCUT2D eigenvalue weighted by molar-refractivity contribution is 6.18. The number of rotatable bonds is 3. The quantitative estimate of drug-likeness (QED) is 0.604. The molecular weight excluding hydrogens is 162 g/mol. The van der Waals surface area contributed by atoms with Crippen molar-refractivity contribution in [2.75, 3.05) is 32.2 Å². The van der Waals surface area contributed by atoms with Gasteiger partial charge in [-0.25, -0.2) is 0 Å². The van der Waals surface area contributed by atoms with Gasteiger partial charge in [0.15, 0.2) is 0 Å². The van der Waals surface area contributed by atoms with Crippen LogP contribution in [0.2, 0.25) is 0 Å². The zero-order valence-corrected chi connectivity index (χ0v) is 7.81. The van der Waals surface area contributed by atoms with Crippen molar-refractivity contribution in [2.45, 2.75) is 19.4 Å². The molecule has 1 heterocycles. The Morgan fingerprint density at radius 1 is 1.64 bits per heavy atom. The highest BCUT2D eigenvalue weighted by Gasteiger charge is 2.20. The highest BCUT2D eigenvalue weighted by atomic mass is 35.5. The fraction of sp³-hybridized carbons (Fsp3) is 1.00. The Morgan fingerprint density at radius 3 is 3.09 bits per heavy atom. The van der Waals surface area contributed by atoms with Crippen LogP contribution in [0.4, 0.5) is 0 Å². The van der Waals surface area contributed by atoms with E-state index in [-0.39, 0.29) is 0 Å². The molecule has 1 unspecified atom stereocenters. The van der Waals surface area contributed by atoms with Crippen LogP contribution in [0.15, 0.2) is 0 Å². The average Bonchev–Trinajstić information content (AvgIpc) is 2.06. The topological polar surface area (TPSA) is 12.5 Å². The smallest absolute Gasteiger partial charge is 0.0634 e. The molecular formula is C8H16ClNO. The van der Waals surface area contributed by atoms with E-state index < -0.39 is 0 Å². The van der Waals surface area contributed by atoms with Crippen LogP contribution in [-0.2, 0) is 4.74 Å². The van der Waals surface area contributed by atoms with Crippen molar-refractivity contribution in [3.63, 3.8) is 0 Å². The van der Waals surface area contributed by atoms with Gasteiger partial charge in [0.2, 0.25) is 0 Å². The minimum atomic E-state index is 0.449. The van der Waals surface area contributed by atoms with E-state index in [4.69, 9.17) is 16.3 Å². The molecule has 0 bridgehead atoms. The molecule has 1 rings (SSSR count). The van der Waals surface area contributed by atoms with Crippen molar-refractivity contribution < 1.29 is 4.74 Å². The molecule has 0 amide bonds. The van der Waals surface area contributed by atoms with Gasteiger partial charge in [-0.05, 0) is 13.0 Å². The predicted octanol–water partition coefficient (Wildman–Crippen LogP) is 1.34. The van der Waals surface area contributed by atoms with Crippen molar-refractivity contribution in [1.82, 2.24) is 4.90 Å². The van der Waals surface area contributed by atoms with E-state index >= 15 is 0 Å². The summed E-state index contributed by atoms with van der Waals surface area (Å²) in [6, 6.07) is 0.449. The Balaban J connectivity index is 2.31. The number of morpholine rings is 1. The number of hydrogen-bond acceptors (Lipinski definition) is 2. The maximum Gasteiger partial charge on any atom is 0.0634 e. The lowest BCUT2D eigenvalue weighted by molar-refractivity contribution is 0.00122. The summed E-state index contributed by atoms with van der Waals surface area (Å²) in [4.78, 5) is 2.41. The second-order valence-electron chi connectivity index (χ2n) is 2.92. The lowest BCUT2D eigenvalue weighted by atomic mass is 10.2. The molecule has 1 atom stereocenters. The van der Waals surface area contributed by atoms with Crippen molar-refractivity contribution >= 4 is 11.6 Å². The highest BCUT2D eigenvalue weighted by Crippen LogP contribution is 2.08. The Labute approximate surface area is 73.5 Å². The second-order valence-corrected chi connectivity index (χ2v) is 3.23. The molecule has 0 saturated carbocycles. The number of ether oxygens (including phenoxy) is 1. The summed E-state index contributed by atoms with van der Waals surface area (Å²) in [5, 5.41) is 0. The van der Waals surface area contributed by atoms with Crippen LogP contribution in [0.5, 0.6) is 0 Å². The molecule has 0 radical (unpaired) electrons. The average molecular weight is 178 g/mol. The van der Waals surface area contributed by atoms with Gasteiger partial charge in [-0.1, -0.05) is 6.92 Å². The first-order valence-electron chi connectivity index (χ1n) is 4.26. The van der Waals surface area contributed by atoms with Crippen LogP contribution in [0.25, 0.3) is 0 Å². The Bertz CT molecular complexity index is 108. The third-order valence-corrected chi connectivity index (χ3v) is 2.39. The van der Waals surface area contributed by atoms with Crippen LogP contribution in [-0.4, -0.2) is 43.1 Å². The van der Waals surface area contributed by atoms with Crippen LogP contribution in [0.1, 0.15) is 13.3 Å². The summed E-state index contributed by atoms with van der Waals surface area (Å²) >= 11 is 5.79. The third kappa shape index (κ3) is 2.62. The van der Waals surface area contributed by atoms with Crippen molar-refractivity contribution in [3.05, 3.63) is 0 Å². The van der Waals surface area contributed by atoms with Gasteiger partial charge in [-0.15, -0.1) is 11.6 Å². The van der Waals surface area contributed by atoms with Gasteiger partial charge in [0.05, 0.1) is 13.2 Å². The SMILES string of the molecule is CCCN1CCOCC1CCl. The molecule has 0 aromatic heterocycles. The molecule has 0 aromatic carbocycles. The van der Waals surface area contributed by atoms with Gasteiger partial charge < -0.3 is 4.74 Å². The summed E-state index contributed by atoms with van der Waals surface area (Å²) in [6.45, 7) is 6.07. The van der Waals surface area contributed by atoms with Crippen LogP contribution < -0.4 is 0 Å². The number of hydrogen-bond donors (Lipinski definition) is 0. The maximum atomic E-state index is 5.79. The van der Waals surface area contributed by atoms with Gasteiger partial charge in [0, 0.05) is 18.5 Å². The van der Waals surface area contributed by atoms with Crippen molar-refractivity contribution in [3.8, 4) is 0 Å². The number of nitrogens with zero attached hydrogens (tertiary/aromatic N) is 1. The second kappa shape index (κ2) is 4.96. The normalized spacial score (nSPS) is 27.3. The van der Waals surface area contributed by atoms with Crippen LogP contribution in [0.3, 0.4) is 0 Å². The standard InChI is InChI=1S/C8H16ClNO/c1-2-3-10-4-5-11-7-8(10)6-9/h8H,2-7H2,1H3. The first-order valence-corrected chi connectivity index (χ1v) is 4.79. The monoisotopic (exact) mass is 177 g/mol. The first kappa shape index (κ1) is 9.30. The molecule has 0 N–H and O–H groups in total.